The van der Waals surface area contributed by atoms with Gasteiger partial charge in [-0.2, -0.15) is 0 Å². The molecule has 106 valence electrons. The van der Waals surface area contributed by atoms with Crippen molar-refractivity contribution in [2.24, 2.45) is 5.73 Å². The number of hydrogen-bond donors (Lipinski definition) is 1. The summed E-state index contributed by atoms with van der Waals surface area (Å²) in [5.41, 5.74) is 8.85. The molecule has 0 fully saturated rings. The van der Waals surface area contributed by atoms with E-state index in [2.05, 4.69) is 4.98 Å². The number of rotatable bonds is 7. The first-order chi connectivity index (χ1) is 9.83. The van der Waals surface area contributed by atoms with E-state index in [1.54, 1.807) is 13.3 Å². The second kappa shape index (κ2) is 7.62. The second-order valence-electron chi connectivity index (χ2n) is 4.47. The van der Waals surface area contributed by atoms with Gasteiger partial charge < -0.3 is 15.2 Å². The van der Waals surface area contributed by atoms with Gasteiger partial charge in [0.15, 0.2) is 0 Å². The van der Waals surface area contributed by atoms with Gasteiger partial charge in [0, 0.05) is 30.4 Å². The van der Waals surface area contributed by atoms with Gasteiger partial charge in [0.2, 0.25) is 0 Å². The summed E-state index contributed by atoms with van der Waals surface area (Å²) in [4.78, 5) is 4.26. The lowest BCUT2D eigenvalue weighted by Gasteiger charge is -2.09. The van der Waals surface area contributed by atoms with Crippen LogP contribution < -0.4 is 10.5 Å². The lowest BCUT2D eigenvalue weighted by atomic mass is 10.1. The van der Waals surface area contributed by atoms with Crippen LogP contribution in [0.5, 0.6) is 5.75 Å². The topological polar surface area (TPSA) is 57.4 Å². The molecule has 2 aromatic rings. The highest BCUT2D eigenvalue weighted by Gasteiger charge is 2.03. The number of hydrogen-bond acceptors (Lipinski definition) is 4. The minimum Gasteiger partial charge on any atom is -0.496 e. The van der Waals surface area contributed by atoms with E-state index in [1.165, 1.54) is 0 Å². The van der Waals surface area contributed by atoms with Crippen LogP contribution >= 0.6 is 0 Å². The predicted octanol–water partition coefficient (Wildman–Crippen LogP) is 2.31. The van der Waals surface area contributed by atoms with Crippen LogP contribution in [-0.2, 0) is 24.3 Å². The van der Waals surface area contributed by atoms with Crippen molar-refractivity contribution in [1.29, 1.82) is 0 Å². The van der Waals surface area contributed by atoms with Crippen molar-refractivity contribution >= 4 is 0 Å². The molecule has 0 aliphatic heterocycles. The van der Waals surface area contributed by atoms with E-state index in [9.17, 15) is 0 Å². The van der Waals surface area contributed by atoms with Gasteiger partial charge in [-0.05, 0) is 29.8 Å². The number of pyridine rings is 1. The third-order valence-corrected chi connectivity index (χ3v) is 3.06. The van der Waals surface area contributed by atoms with E-state index in [1.807, 2.05) is 36.4 Å². The number of ether oxygens (including phenoxy) is 2. The molecule has 2 rings (SSSR count). The van der Waals surface area contributed by atoms with Crippen LogP contribution in [0.25, 0.3) is 0 Å². The molecule has 0 saturated carbocycles. The fourth-order valence-corrected chi connectivity index (χ4v) is 1.99. The van der Waals surface area contributed by atoms with E-state index in [4.69, 9.17) is 15.2 Å². The summed E-state index contributed by atoms with van der Waals surface area (Å²) in [7, 11) is 1.65. The molecule has 0 radical (unpaired) electrons. The smallest absolute Gasteiger partial charge is 0.123 e. The molecule has 4 heteroatoms. The van der Waals surface area contributed by atoms with E-state index >= 15 is 0 Å². The van der Waals surface area contributed by atoms with E-state index in [0.29, 0.717) is 19.8 Å². The molecule has 0 aliphatic carbocycles. The van der Waals surface area contributed by atoms with Crippen LogP contribution in [-0.4, -0.2) is 18.7 Å². The number of nitrogens with zero attached hydrogens (tertiary/aromatic N) is 1. The summed E-state index contributed by atoms with van der Waals surface area (Å²) >= 11 is 0. The quantitative estimate of drug-likeness (QED) is 0.786. The van der Waals surface area contributed by atoms with Crippen LogP contribution in [0.3, 0.4) is 0 Å². The Balaban J connectivity index is 1.82. The highest BCUT2D eigenvalue weighted by Crippen LogP contribution is 2.19. The first-order valence-electron chi connectivity index (χ1n) is 6.67. The summed E-state index contributed by atoms with van der Waals surface area (Å²) in [6.07, 6.45) is 2.62. The zero-order valence-corrected chi connectivity index (χ0v) is 11.7. The Morgan fingerprint density at radius 2 is 2.10 bits per heavy atom. The second-order valence-corrected chi connectivity index (χ2v) is 4.47. The lowest BCUT2D eigenvalue weighted by Crippen LogP contribution is -2.03. The van der Waals surface area contributed by atoms with Crippen molar-refractivity contribution in [3.63, 3.8) is 0 Å². The fraction of sp³-hybridized carbons (Fsp3) is 0.312. The summed E-state index contributed by atoms with van der Waals surface area (Å²) in [5, 5.41) is 0. The van der Waals surface area contributed by atoms with Crippen molar-refractivity contribution < 1.29 is 9.47 Å². The van der Waals surface area contributed by atoms with Gasteiger partial charge >= 0.3 is 0 Å². The first-order valence-corrected chi connectivity index (χ1v) is 6.67. The van der Waals surface area contributed by atoms with Crippen molar-refractivity contribution in [2.45, 2.75) is 19.6 Å². The molecular formula is C16H20N2O2. The zero-order valence-electron chi connectivity index (χ0n) is 11.7. The molecule has 0 amide bonds. The van der Waals surface area contributed by atoms with E-state index in [0.717, 1.165) is 29.0 Å². The molecule has 0 spiro atoms. The number of benzene rings is 1. The highest BCUT2D eigenvalue weighted by molar-refractivity contribution is 5.36. The molecule has 4 nitrogen and oxygen atoms in total. The first kappa shape index (κ1) is 14.5. The molecule has 0 aliphatic rings. The normalized spacial score (nSPS) is 10.5. The fourth-order valence-electron chi connectivity index (χ4n) is 1.99. The Bertz CT molecular complexity index is 529. The van der Waals surface area contributed by atoms with Crippen molar-refractivity contribution in [2.75, 3.05) is 13.7 Å². The third-order valence-electron chi connectivity index (χ3n) is 3.06. The molecular weight excluding hydrogens is 252 g/mol. The summed E-state index contributed by atoms with van der Waals surface area (Å²) in [5.74, 6) is 0.824. The Hall–Kier alpha value is -1.91. The largest absolute Gasteiger partial charge is 0.496 e. The van der Waals surface area contributed by atoms with Gasteiger partial charge in [-0.25, -0.2) is 0 Å². The van der Waals surface area contributed by atoms with Crippen LogP contribution in [0, 0.1) is 0 Å². The van der Waals surface area contributed by atoms with Gasteiger partial charge in [-0.1, -0.05) is 12.1 Å². The average Bonchev–Trinajstić information content (AvgIpc) is 2.52. The van der Waals surface area contributed by atoms with Crippen LogP contribution in [0.1, 0.15) is 16.8 Å². The highest BCUT2D eigenvalue weighted by atomic mass is 16.5. The monoisotopic (exact) mass is 272 g/mol. The lowest BCUT2D eigenvalue weighted by molar-refractivity contribution is 0.123. The van der Waals surface area contributed by atoms with Crippen LogP contribution in [0.4, 0.5) is 0 Å². The standard InChI is InChI=1S/C16H20N2O2/c1-19-16-6-5-13(10-14(16)11-17)12-20-9-7-15-4-2-3-8-18-15/h2-6,8,10H,7,9,11-12,17H2,1H3. The van der Waals surface area contributed by atoms with Crippen molar-refractivity contribution in [3.8, 4) is 5.75 Å². The van der Waals surface area contributed by atoms with E-state index < -0.39 is 0 Å². The minimum atomic E-state index is 0.463. The Labute approximate surface area is 119 Å². The maximum absolute atomic E-state index is 5.70. The molecule has 20 heavy (non-hydrogen) atoms. The summed E-state index contributed by atoms with van der Waals surface area (Å²) < 4.78 is 10.9. The molecule has 1 aromatic heterocycles. The maximum atomic E-state index is 5.70. The maximum Gasteiger partial charge on any atom is 0.123 e. The predicted molar refractivity (Wildman–Crippen MR) is 78.5 cm³/mol. The molecule has 0 saturated heterocycles. The number of methoxy groups -OCH3 is 1. The molecule has 1 heterocycles. The SMILES string of the molecule is COc1ccc(COCCc2ccccn2)cc1CN. The van der Waals surface area contributed by atoms with Gasteiger partial charge in [-0.15, -0.1) is 0 Å². The Morgan fingerprint density at radius 1 is 1.20 bits per heavy atom. The van der Waals surface area contributed by atoms with Crippen LogP contribution in [0.2, 0.25) is 0 Å². The van der Waals surface area contributed by atoms with Gasteiger partial charge in [0.1, 0.15) is 5.75 Å². The van der Waals surface area contributed by atoms with Gasteiger partial charge in [-0.3, -0.25) is 4.98 Å². The molecule has 0 bridgehead atoms. The minimum absolute atomic E-state index is 0.463. The van der Waals surface area contributed by atoms with Crippen molar-refractivity contribution in [3.05, 3.63) is 59.4 Å². The van der Waals surface area contributed by atoms with Gasteiger partial charge in [0.25, 0.3) is 0 Å². The summed E-state index contributed by atoms with van der Waals surface area (Å²) in [6.45, 7) is 1.69. The Kier molecular flexibility index (Phi) is 5.53. The number of nitrogens with two attached hydrogens (primary N) is 1. The average molecular weight is 272 g/mol. The van der Waals surface area contributed by atoms with Crippen LogP contribution in [0.15, 0.2) is 42.6 Å². The molecule has 0 atom stereocenters. The molecule has 2 N–H and O–H groups in total. The Morgan fingerprint density at radius 3 is 2.80 bits per heavy atom. The van der Waals surface area contributed by atoms with E-state index in [-0.39, 0.29) is 0 Å². The van der Waals surface area contributed by atoms with Crippen molar-refractivity contribution in [1.82, 2.24) is 4.98 Å². The molecule has 0 unspecified atom stereocenters. The molecule has 1 aromatic carbocycles. The van der Waals surface area contributed by atoms with Gasteiger partial charge in [0.05, 0.1) is 20.3 Å². The third kappa shape index (κ3) is 4.05. The zero-order chi connectivity index (χ0) is 14.2. The summed E-state index contributed by atoms with van der Waals surface area (Å²) in [6, 6.07) is 11.9. The number of aromatic nitrogens is 1.